The molecule has 0 saturated carbocycles. The molecule has 0 fully saturated rings. The van der Waals surface area contributed by atoms with Crippen molar-refractivity contribution in [3.8, 4) is 0 Å². The SMILES string of the molecule is NCCCCS(=O)(=O)NCCc1ccc(Br)s1. The van der Waals surface area contributed by atoms with Gasteiger partial charge in [-0.25, -0.2) is 13.1 Å². The van der Waals surface area contributed by atoms with E-state index in [1.807, 2.05) is 12.1 Å². The van der Waals surface area contributed by atoms with Crippen molar-refractivity contribution in [2.24, 2.45) is 5.73 Å². The fourth-order valence-corrected chi connectivity index (χ4v) is 3.95. The minimum absolute atomic E-state index is 0.165. The zero-order chi connectivity index (χ0) is 12.7. The Balaban J connectivity index is 2.25. The third kappa shape index (κ3) is 6.52. The van der Waals surface area contributed by atoms with Crippen molar-refractivity contribution in [3.05, 3.63) is 20.8 Å². The van der Waals surface area contributed by atoms with E-state index < -0.39 is 10.0 Å². The van der Waals surface area contributed by atoms with Gasteiger partial charge in [0.1, 0.15) is 0 Å². The Bertz CT molecular complexity index is 431. The van der Waals surface area contributed by atoms with Gasteiger partial charge in [-0.05, 0) is 53.9 Å². The summed E-state index contributed by atoms with van der Waals surface area (Å²) in [7, 11) is -3.13. The summed E-state index contributed by atoms with van der Waals surface area (Å²) in [5, 5.41) is 0. The molecular formula is C10H17BrN2O2S2. The summed E-state index contributed by atoms with van der Waals surface area (Å²) in [6, 6.07) is 3.97. The number of sulfonamides is 1. The molecule has 0 unspecified atom stereocenters. The maximum atomic E-state index is 11.5. The highest BCUT2D eigenvalue weighted by molar-refractivity contribution is 9.11. The number of nitrogens with one attached hydrogen (secondary N) is 1. The van der Waals surface area contributed by atoms with Gasteiger partial charge in [-0.1, -0.05) is 0 Å². The Kier molecular flexibility index (Phi) is 6.65. The summed E-state index contributed by atoms with van der Waals surface area (Å²) in [5.74, 6) is 0.165. The van der Waals surface area contributed by atoms with Gasteiger partial charge >= 0.3 is 0 Å². The van der Waals surface area contributed by atoms with Gasteiger partial charge in [-0.15, -0.1) is 11.3 Å². The van der Waals surface area contributed by atoms with Gasteiger partial charge in [0.05, 0.1) is 9.54 Å². The van der Waals surface area contributed by atoms with E-state index in [0.717, 1.165) is 16.6 Å². The fraction of sp³-hybridized carbons (Fsp3) is 0.600. The summed E-state index contributed by atoms with van der Waals surface area (Å²) in [6.07, 6.45) is 2.10. The van der Waals surface area contributed by atoms with Gasteiger partial charge in [0, 0.05) is 11.4 Å². The summed E-state index contributed by atoms with van der Waals surface area (Å²) in [5.41, 5.74) is 5.32. The summed E-state index contributed by atoms with van der Waals surface area (Å²) < 4.78 is 26.8. The quantitative estimate of drug-likeness (QED) is 0.707. The number of halogens is 1. The molecule has 0 aliphatic rings. The Morgan fingerprint density at radius 3 is 2.71 bits per heavy atom. The molecule has 17 heavy (non-hydrogen) atoms. The van der Waals surface area contributed by atoms with Crippen LogP contribution in [-0.2, 0) is 16.4 Å². The molecule has 1 aromatic heterocycles. The van der Waals surface area contributed by atoms with Gasteiger partial charge < -0.3 is 5.73 Å². The normalized spacial score (nSPS) is 11.9. The van der Waals surface area contributed by atoms with Crippen LogP contribution >= 0.6 is 27.3 Å². The van der Waals surface area contributed by atoms with Gasteiger partial charge in [0.15, 0.2) is 0 Å². The van der Waals surface area contributed by atoms with Crippen molar-refractivity contribution in [1.82, 2.24) is 4.72 Å². The first-order chi connectivity index (χ1) is 8.03. The van der Waals surface area contributed by atoms with E-state index in [9.17, 15) is 8.42 Å². The summed E-state index contributed by atoms with van der Waals surface area (Å²) in [4.78, 5) is 1.17. The molecule has 0 saturated heterocycles. The molecule has 0 amide bonds. The molecule has 1 rings (SSSR count). The molecule has 0 aromatic carbocycles. The van der Waals surface area contributed by atoms with E-state index in [1.165, 1.54) is 4.88 Å². The smallest absolute Gasteiger partial charge is 0.211 e. The molecule has 0 spiro atoms. The van der Waals surface area contributed by atoms with Crippen molar-refractivity contribution < 1.29 is 8.42 Å². The zero-order valence-corrected chi connectivity index (χ0v) is 12.7. The van der Waals surface area contributed by atoms with Crippen LogP contribution < -0.4 is 10.5 Å². The lowest BCUT2D eigenvalue weighted by Gasteiger charge is -2.05. The van der Waals surface area contributed by atoms with Crippen LogP contribution in [0.5, 0.6) is 0 Å². The number of rotatable bonds is 8. The second-order valence-electron chi connectivity index (χ2n) is 3.66. The number of hydrogen-bond donors (Lipinski definition) is 2. The average molecular weight is 341 g/mol. The molecule has 1 heterocycles. The second kappa shape index (κ2) is 7.48. The predicted octanol–water partition coefficient (Wildman–Crippen LogP) is 1.71. The maximum Gasteiger partial charge on any atom is 0.211 e. The van der Waals surface area contributed by atoms with Crippen LogP contribution in [0.15, 0.2) is 15.9 Å². The number of hydrogen-bond acceptors (Lipinski definition) is 4. The molecule has 0 aliphatic heterocycles. The second-order valence-corrected chi connectivity index (χ2v) is 8.14. The van der Waals surface area contributed by atoms with Gasteiger partial charge in [0.2, 0.25) is 10.0 Å². The molecule has 0 aliphatic carbocycles. The number of unbranched alkanes of at least 4 members (excludes halogenated alkanes) is 1. The molecule has 0 atom stereocenters. The average Bonchev–Trinajstić information content (AvgIpc) is 2.64. The number of nitrogens with two attached hydrogens (primary N) is 1. The lowest BCUT2D eigenvalue weighted by atomic mass is 10.3. The van der Waals surface area contributed by atoms with Crippen molar-refractivity contribution >= 4 is 37.3 Å². The lowest BCUT2D eigenvalue weighted by molar-refractivity contribution is 0.577. The maximum absolute atomic E-state index is 11.5. The Hall–Kier alpha value is 0.0500. The van der Waals surface area contributed by atoms with E-state index in [0.29, 0.717) is 19.5 Å². The van der Waals surface area contributed by atoms with Crippen molar-refractivity contribution in [2.45, 2.75) is 19.3 Å². The fourth-order valence-electron chi connectivity index (χ4n) is 1.32. The molecule has 98 valence electrons. The van der Waals surface area contributed by atoms with Crippen LogP contribution in [0.2, 0.25) is 0 Å². The first-order valence-corrected chi connectivity index (χ1v) is 8.71. The standard InChI is InChI=1S/C10H17BrN2O2S2/c11-10-4-3-9(16-10)5-7-13-17(14,15)8-2-1-6-12/h3-4,13H,1-2,5-8,12H2. The van der Waals surface area contributed by atoms with Crippen molar-refractivity contribution in [2.75, 3.05) is 18.8 Å². The van der Waals surface area contributed by atoms with Crippen molar-refractivity contribution in [3.63, 3.8) is 0 Å². The number of thiophene rings is 1. The molecule has 1 aromatic rings. The van der Waals surface area contributed by atoms with E-state index >= 15 is 0 Å². The molecular weight excluding hydrogens is 324 g/mol. The van der Waals surface area contributed by atoms with Gasteiger partial charge in [-0.3, -0.25) is 0 Å². The van der Waals surface area contributed by atoms with E-state index in [2.05, 4.69) is 20.7 Å². The van der Waals surface area contributed by atoms with Gasteiger partial charge in [0.25, 0.3) is 0 Å². The first-order valence-electron chi connectivity index (χ1n) is 5.45. The van der Waals surface area contributed by atoms with Crippen LogP contribution in [-0.4, -0.2) is 27.3 Å². The highest BCUT2D eigenvalue weighted by atomic mass is 79.9. The topological polar surface area (TPSA) is 72.2 Å². The van der Waals surface area contributed by atoms with E-state index in [-0.39, 0.29) is 5.75 Å². The summed E-state index contributed by atoms with van der Waals surface area (Å²) >= 11 is 5.00. The van der Waals surface area contributed by atoms with E-state index in [1.54, 1.807) is 11.3 Å². The van der Waals surface area contributed by atoms with Crippen LogP contribution in [0.4, 0.5) is 0 Å². The van der Waals surface area contributed by atoms with Gasteiger partial charge in [-0.2, -0.15) is 0 Å². The Morgan fingerprint density at radius 2 is 2.12 bits per heavy atom. The van der Waals surface area contributed by atoms with Crippen LogP contribution in [0.25, 0.3) is 0 Å². The molecule has 7 heteroatoms. The first kappa shape index (κ1) is 15.1. The molecule has 4 nitrogen and oxygen atoms in total. The third-order valence-corrected chi connectivity index (χ3v) is 5.34. The molecule has 3 N–H and O–H groups in total. The van der Waals surface area contributed by atoms with Crippen molar-refractivity contribution in [1.29, 1.82) is 0 Å². The third-order valence-electron chi connectivity index (χ3n) is 2.19. The summed E-state index contributed by atoms with van der Waals surface area (Å²) in [6.45, 7) is 0.997. The minimum atomic E-state index is -3.13. The highest BCUT2D eigenvalue weighted by Crippen LogP contribution is 2.22. The zero-order valence-electron chi connectivity index (χ0n) is 9.49. The van der Waals surface area contributed by atoms with Crippen LogP contribution in [0.3, 0.4) is 0 Å². The predicted molar refractivity (Wildman–Crippen MR) is 75.8 cm³/mol. The highest BCUT2D eigenvalue weighted by Gasteiger charge is 2.08. The minimum Gasteiger partial charge on any atom is -0.330 e. The van der Waals surface area contributed by atoms with E-state index in [4.69, 9.17) is 5.73 Å². The molecule has 0 radical (unpaired) electrons. The van der Waals surface area contributed by atoms with Crippen LogP contribution in [0.1, 0.15) is 17.7 Å². The lowest BCUT2D eigenvalue weighted by Crippen LogP contribution is -2.28. The Morgan fingerprint density at radius 1 is 1.35 bits per heavy atom. The largest absolute Gasteiger partial charge is 0.330 e. The van der Waals surface area contributed by atoms with Crippen LogP contribution in [0, 0.1) is 0 Å². The molecule has 0 bridgehead atoms. The monoisotopic (exact) mass is 340 g/mol. The Labute approximate surface area is 115 Å².